The third-order valence-electron chi connectivity index (χ3n) is 9.66. The van der Waals surface area contributed by atoms with Crippen LogP contribution < -0.4 is 0 Å². The lowest BCUT2D eigenvalue weighted by atomic mass is 9.71. The zero-order valence-corrected chi connectivity index (χ0v) is 22.7. The molecule has 3 aliphatic rings. The molecule has 0 saturated heterocycles. The van der Waals surface area contributed by atoms with Gasteiger partial charge in [0, 0.05) is 0 Å². The van der Waals surface area contributed by atoms with E-state index >= 15 is 0 Å². The molecule has 1 atom stereocenters. The second kappa shape index (κ2) is 16.2. The standard InChI is InChI=1S/C33H58/c1-3-5-7-8-9-10-11-13-15-29-18-22-31(23-19-29)33-26-24-32(25-27-33)30-20-16-28(17-21-30)14-12-6-4-2/h24-26,28-31,33H,3-23,27H2,1-2H3. The molecule has 3 rings (SSSR count). The van der Waals surface area contributed by atoms with Crippen molar-refractivity contribution in [1.82, 2.24) is 0 Å². The maximum absolute atomic E-state index is 2.67. The van der Waals surface area contributed by atoms with Crippen molar-refractivity contribution >= 4 is 0 Å². The van der Waals surface area contributed by atoms with Crippen LogP contribution in [0.3, 0.4) is 0 Å². The molecule has 0 bridgehead atoms. The molecule has 190 valence electrons. The Morgan fingerprint density at radius 3 is 1.70 bits per heavy atom. The van der Waals surface area contributed by atoms with Crippen LogP contribution in [0, 0.1) is 29.6 Å². The van der Waals surface area contributed by atoms with Crippen molar-refractivity contribution in [2.75, 3.05) is 0 Å². The Labute approximate surface area is 208 Å². The van der Waals surface area contributed by atoms with Gasteiger partial charge in [0.15, 0.2) is 0 Å². The summed E-state index contributed by atoms with van der Waals surface area (Å²) in [7, 11) is 0. The average Bonchev–Trinajstić information content (AvgIpc) is 2.87. The van der Waals surface area contributed by atoms with Crippen LogP contribution in [-0.4, -0.2) is 0 Å². The minimum Gasteiger partial charge on any atom is -0.0806 e. The van der Waals surface area contributed by atoms with Crippen LogP contribution in [-0.2, 0) is 0 Å². The zero-order chi connectivity index (χ0) is 23.1. The molecule has 0 amide bonds. The first kappa shape index (κ1) is 27.1. The fourth-order valence-electron chi connectivity index (χ4n) is 7.25. The van der Waals surface area contributed by atoms with E-state index in [-0.39, 0.29) is 0 Å². The average molecular weight is 455 g/mol. The summed E-state index contributed by atoms with van der Waals surface area (Å²) in [5.41, 5.74) is 1.71. The van der Waals surface area contributed by atoms with Gasteiger partial charge >= 0.3 is 0 Å². The molecule has 0 aromatic rings. The number of hydrogen-bond donors (Lipinski definition) is 0. The summed E-state index contributed by atoms with van der Waals surface area (Å²) < 4.78 is 0. The van der Waals surface area contributed by atoms with E-state index < -0.39 is 0 Å². The maximum atomic E-state index is 2.67. The van der Waals surface area contributed by atoms with Crippen LogP contribution in [0.15, 0.2) is 23.8 Å². The molecule has 3 aliphatic carbocycles. The molecule has 0 heteroatoms. The van der Waals surface area contributed by atoms with Gasteiger partial charge in [-0.15, -0.1) is 0 Å². The fraction of sp³-hybridized carbons (Fsp3) is 0.879. The smallest absolute Gasteiger partial charge is 0.0165 e. The summed E-state index contributed by atoms with van der Waals surface area (Å²) in [6, 6.07) is 0. The third kappa shape index (κ3) is 9.93. The minimum atomic E-state index is 0.850. The van der Waals surface area contributed by atoms with E-state index in [1.165, 1.54) is 141 Å². The first-order valence-corrected chi connectivity index (χ1v) is 15.7. The molecular formula is C33H58. The predicted octanol–water partition coefficient (Wildman–Crippen LogP) is 11.2. The van der Waals surface area contributed by atoms with E-state index in [2.05, 4.69) is 32.1 Å². The fourth-order valence-corrected chi connectivity index (χ4v) is 7.25. The monoisotopic (exact) mass is 454 g/mol. The van der Waals surface area contributed by atoms with E-state index in [1.807, 2.05) is 0 Å². The molecule has 2 saturated carbocycles. The van der Waals surface area contributed by atoms with Crippen molar-refractivity contribution in [2.24, 2.45) is 29.6 Å². The summed E-state index contributed by atoms with van der Waals surface area (Å²) in [6.07, 6.45) is 40.2. The molecule has 0 aromatic carbocycles. The first-order valence-electron chi connectivity index (χ1n) is 15.7. The summed E-state index contributed by atoms with van der Waals surface area (Å²) in [5.74, 6) is 4.79. The van der Waals surface area contributed by atoms with Gasteiger partial charge in [-0.2, -0.15) is 0 Å². The molecule has 0 N–H and O–H groups in total. The van der Waals surface area contributed by atoms with Gasteiger partial charge in [-0.25, -0.2) is 0 Å². The van der Waals surface area contributed by atoms with Crippen LogP contribution in [0.4, 0.5) is 0 Å². The quantitative estimate of drug-likeness (QED) is 0.216. The Kier molecular flexibility index (Phi) is 13.3. The largest absolute Gasteiger partial charge is 0.0806 e. The number of unbranched alkanes of at least 4 members (excludes halogenated alkanes) is 9. The van der Waals surface area contributed by atoms with Gasteiger partial charge in [-0.3, -0.25) is 0 Å². The number of allylic oxidation sites excluding steroid dienone is 4. The van der Waals surface area contributed by atoms with E-state index in [9.17, 15) is 0 Å². The van der Waals surface area contributed by atoms with Gasteiger partial charge < -0.3 is 0 Å². The number of rotatable bonds is 15. The highest BCUT2D eigenvalue weighted by atomic mass is 14.3. The molecule has 0 aliphatic heterocycles. The molecule has 0 radical (unpaired) electrons. The van der Waals surface area contributed by atoms with E-state index in [0.717, 1.165) is 29.6 Å². The van der Waals surface area contributed by atoms with Crippen molar-refractivity contribution in [3.63, 3.8) is 0 Å². The summed E-state index contributed by atoms with van der Waals surface area (Å²) in [4.78, 5) is 0. The van der Waals surface area contributed by atoms with E-state index in [4.69, 9.17) is 0 Å². The van der Waals surface area contributed by atoms with Crippen LogP contribution in [0.25, 0.3) is 0 Å². The molecule has 0 aromatic heterocycles. The maximum Gasteiger partial charge on any atom is -0.0165 e. The highest BCUT2D eigenvalue weighted by Crippen LogP contribution is 2.41. The van der Waals surface area contributed by atoms with Crippen molar-refractivity contribution in [3.05, 3.63) is 23.8 Å². The second-order valence-corrected chi connectivity index (χ2v) is 12.2. The first-order chi connectivity index (χ1) is 16.3. The zero-order valence-electron chi connectivity index (χ0n) is 22.7. The van der Waals surface area contributed by atoms with Gasteiger partial charge in [0.05, 0.1) is 0 Å². The van der Waals surface area contributed by atoms with Gasteiger partial charge in [0.1, 0.15) is 0 Å². The molecule has 1 unspecified atom stereocenters. The van der Waals surface area contributed by atoms with E-state index in [1.54, 1.807) is 5.57 Å². The van der Waals surface area contributed by atoms with Crippen molar-refractivity contribution < 1.29 is 0 Å². The molecule has 0 nitrogen and oxygen atoms in total. The third-order valence-corrected chi connectivity index (χ3v) is 9.66. The normalized spacial score (nSPS) is 30.4. The Morgan fingerprint density at radius 1 is 0.606 bits per heavy atom. The summed E-state index contributed by atoms with van der Waals surface area (Å²) in [6.45, 7) is 4.64. The van der Waals surface area contributed by atoms with Crippen molar-refractivity contribution in [3.8, 4) is 0 Å². The number of hydrogen-bond acceptors (Lipinski definition) is 0. The minimum absolute atomic E-state index is 0.850. The van der Waals surface area contributed by atoms with Crippen LogP contribution in [0.5, 0.6) is 0 Å². The second-order valence-electron chi connectivity index (χ2n) is 12.2. The molecule has 0 spiro atoms. The van der Waals surface area contributed by atoms with E-state index in [0.29, 0.717) is 0 Å². The van der Waals surface area contributed by atoms with Crippen LogP contribution in [0.2, 0.25) is 0 Å². The lowest BCUT2D eigenvalue weighted by Gasteiger charge is -2.35. The Balaban J connectivity index is 1.24. The van der Waals surface area contributed by atoms with Crippen LogP contribution >= 0.6 is 0 Å². The predicted molar refractivity (Wildman–Crippen MR) is 148 cm³/mol. The van der Waals surface area contributed by atoms with Crippen LogP contribution in [0.1, 0.15) is 155 Å². The van der Waals surface area contributed by atoms with Gasteiger partial charge in [0.25, 0.3) is 0 Å². The Bertz CT molecular complexity index is 538. The van der Waals surface area contributed by atoms with Gasteiger partial charge in [-0.05, 0) is 80.1 Å². The van der Waals surface area contributed by atoms with Gasteiger partial charge in [-0.1, -0.05) is 128 Å². The summed E-state index contributed by atoms with van der Waals surface area (Å²) >= 11 is 0. The van der Waals surface area contributed by atoms with Crippen molar-refractivity contribution in [1.29, 1.82) is 0 Å². The molecule has 0 heterocycles. The molecule has 2 fully saturated rings. The van der Waals surface area contributed by atoms with Gasteiger partial charge in [0.2, 0.25) is 0 Å². The highest BCUT2D eigenvalue weighted by Gasteiger charge is 2.28. The topological polar surface area (TPSA) is 0 Å². The lowest BCUT2D eigenvalue weighted by Crippen LogP contribution is -2.22. The SMILES string of the molecule is CCCCCCCCCCC1CCC(C2C=CC(C3CCC(CCCCC)CC3)=CC2)CC1. The highest BCUT2D eigenvalue weighted by molar-refractivity contribution is 5.27. The lowest BCUT2D eigenvalue weighted by molar-refractivity contribution is 0.217. The molecular weight excluding hydrogens is 396 g/mol. The summed E-state index contributed by atoms with van der Waals surface area (Å²) in [5, 5.41) is 0. The Hall–Kier alpha value is -0.520. The Morgan fingerprint density at radius 2 is 1.12 bits per heavy atom. The molecule has 33 heavy (non-hydrogen) atoms. The van der Waals surface area contributed by atoms with Crippen molar-refractivity contribution in [2.45, 2.75) is 155 Å².